The summed E-state index contributed by atoms with van der Waals surface area (Å²) in [6.07, 6.45) is 4.48. The predicted molar refractivity (Wildman–Crippen MR) is 122 cm³/mol. The van der Waals surface area contributed by atoms with Gasteiger partial charge in [0.1, 0.15) is 5.75 Å². The van der Waals surface area contributed by atoms with E-state index in [0.717, 1.165) is 16.9 Å². The van der Waals surface area contributed by atoms with Crippen LogP contribution in [0.2, 0.25) is 0 Å². The van der Waals surface area contributed by atoms with E-state index in [9.17, 15) is 4.79 Å². The third-order valence-electron chi connectivity index (χ3n) is 5.34. The van der Waals surface area contributed by atoms with Crippen molar-refractivity contribution >= 4 is 23.4 Å². The first kappa shape index (κ1) is 21.0. The molecule has 6 nitrogen and oxygen atoms in total. The van der Waals surface area contributed by atoms with E-state index in [0.29, 0.717) is 35.8 Å². The van der Waals surface area contributed by atoms with E-state index in [1.807, 2.05) is 36.7 Å². The minimum absolute atomic E-state index is 0.00225. The number of ether oxygens (including phenoxy) is 3. The second-order valence-electron chi connectivity index (χ2n) is 9.01. The zero-order chi connectivity index (χ0) is 22.2. The third-order valence-corrected chi connectivity index (χ3v) is 5.34. The van der Waals surface area contributed by atoms with Gasteiger partial charge in [0.2, 0.25) is 0 Å². The fourth-order valence-electron chi connectivity index (χ4n) is 3.67. The minimum atomic E-state index is -0.123. The van der Waals surface area contributed by atoms with Crippen LogP contribution < -0.4 is 14.2 Å². The van der Waals surface area contributed by atoms with E-state index < -0.39 is 0 Å². The number of amides is 1. The zero-order valence-electron chi connectivity index (χ0n) is 18.6. The highest BCUT2D eigenvalue weighted by atomic mass is 16.5. The number of methoxy groups -OCH3 is 2. The molecule has 0 radical (unpaired) electrons. The average molecular weight is 421 g/mol. The van der Waals surface area contributed by atoms with Crippen LogP contribution in [0.1, 0.15) is 43.1 Å². The standard InChI is InChI=1S/C25H28N2O4/c1-25(2,3)15-31-23-12-21-20(11-22(23)30-5)24(28)27-14-17(10-18(27)13-26-21)16-6-8-19(29-4)9-7-16/h6-9,11-14,18H,10,15H2,1-5H3. The van der Waals surface area contributed by atoms with Crippen LogP contribution in [0.3, 0.4) is 0 Å². The Balaban J connectivity index is 1.64. The maximum absolute atomic E-state index is 13.4. The van der Waals surface area contributed by atoms with Crippen molar-refractivity contribution < 1.29 is 19.0 Å². The van der Waals surface area contributed by atoms with Gasteiger partial charge < -0.3 is 19.1 Å². The Morgan fingerprint density at radius 1 is 1.06 bits per heavy atom. The predicted octanol–water partition coefficient (Wildman–Crippen LogP) is 5.10. The van der Waals surface area contributed by atoms with Crippen molar-refractivity contribution in [2.45, 2.75) is 33.2 Å². The van der Waals surface area contributed by atoms with Crippen LogP contribution in [0.15, 0.2) is 47.6 Å². The molecule has 31 heavy (non-hydrogen) atoms. The monoisotopic (exact) mass is 420 g/mol. The lowest BCUT2D eigenvalue weighted by Crippen LogP contribution is -2.32. The highest BCUT2D eigenvalue weighted by Gasteiger charge is 2.33. The van der Waals surface area contributed by atoms with Gasteiger partial charge in [0, 0.05) is 24.9 Å². The Bertz CT molecular complexity index is 1050. The molecule has 0 aromatic heterocycles. The molecule has 0 saturated heterocycles. The number of carbonyl (C=O) groups excluding carboxylic acids is 1. The number of rotatable bonds is 5. The molecule has 0 spiro atoms. The van der Waals surface area contributed by atoms with E-state index in [1.54, 1.807) is 31.3 Å². The van der Waals surface area contributed by atoms with Gasteiger partial charge in [0.05, 0.1) is 38.1 Å². The van der Waals surface area contributed by atoms with Crippen LogP contribution in [-0.2, 0) is 0 Å². The van der Waals surface area contributed by atoms with Gasteiger partial charge in [-0.25, -0.2) is 0 Å². The first-order chi connectivity index (χ1) is 14.8. The van der Waals surface area contributed by atoms with Crippen LogP contribution in [0.25, 0.3) is 5.57 Å². The number of aliphatic imine (C=N–C) groups is 1. The van der Waals surface area contributed by atoms with Crippen molar-refractivity contribution in [2.75, 3.05) is 20.8 Å². The van der Waals surface area contributed by atoms with Crippen LogP contribution in [0.4, 0.5) is 5.69 Å². The lowest BCUT2D eigenvalue weighted by Gasteiger charge is -2.21. The quantitative estimate of drug-likeness (QED) is 0.675. The minimum Gasteiger partial charge on any atom is -0.497 e. The van der Waals surface area contributed by atoms with E-state index in [1.165, 1.54) is 0 Å². The van der Waals surface area contributed by atoms with Gasteiger partial charge in [0.25, 0.3) is 5.91 Å². The molecule has 2 aliphatic heterocycles. The van der Waals surface area contributed by atoms with Gasteiger partial charge in [-0.05, 0) is 34.8 Å². The molecule has 2 aromatic rings. The van der Waals surface area contributed by atoms with Gasteiger partial charge in [-0.15, -0.1) is 0 Å². The molecule has 0 saturated carbocycles. The summed E-state index contributed by atoms with van der Waals surface area (Å²) >= 11 is 0. The van der Waals surface area contributed by atoms with Crippen molar-refractivity contribution in [1.82, 2.24) is 4.90 Å². The number of benzene rings is 2. The molecule has 2 aliphatic rings. The van der Waals surface area contributed by atoms with Crippen LogP contribution in [0, 0.1) is 5.41 Å². The lowest BCUT2D eigenvalue weighted by molar-refractivity contribution is 0.0817. The Hall–Kier alpha value is -3.28. The highest BCUT2D eigenvalue weighted by molar-refractivity contribution is 6.05. The molecule has 162 valence electrons. The van der Waals surface area contributed by atoms with Crippen LogP contribution in [0.5, 0.6) is 17.2 Å². The molecule has 2 aromatic carbocycles. The summed E-state index contributed by atoms with van der Waals surface area (Å²) in [5, 5.41) is 0. The Morgan fingerprint density at radius 2 is 1.81 bits per heavy atom. The largest absolute Gasteiger partial charge is 0.497 e. The second kappa shape index (κ2) is 8.10. The van der Waals surface area contributed by atoms with Crippen molar-refractivity contribution in [2.24, 2.45) is 10.4 Å². The average Bonchev–Trinajstić information content (AvgIpc) is 3.14. The van der Waals surface area contributed by atoms with Crippen molar-refractivity contribution in [1.29, 1.82) is 0 Å². The summed E-state index contributed by atoms with van der Waals surface area (Å²) in [5.41, 5.74) is 3.27. The Kier molecular flexibility index (Phi) is 5.48. The molecule has 1 unspecified atom stereocenters. The molecule has 4 rings (SSSR count). The van der Waals surface area contributed by atoms with Gasteiger partial charge in [-0.2, -0.15) is 0 Å². The molecule has 2 heterocycles. The molecule has 0 aliphatic carbocycles. The van der Waals surface area contributed by atoms with Crippen molar-refractivity contribution in [3.8, 4) is 17.2 Å². The fraction of sp³-hybridized carbons (Fsp3) is 0.360. The van der Waals surface area contributed by atoms with Gasteiger partial charge in [-0.3, -0.25) is 9.79 Å². The maximum atomic E-state index is 13.4. The van der Waals surface area contributed by atoms with Gasteiger partial charge in [-0.1, -0.05) is 32.9 Å². The highest BCUT2D eigenvalue weighted by Crippen LogP contribution is 2.40. The number of nitrogens with zero attached hydrogens (tertiary/aromatic N) is 2. The summed E-state index contributed by atoms with van der Waals surface area (Å²) < 4.78 is 16.7. The summed E-state index contributed by atoms with van der Waals surface area (Å²) in [5.74, 6) is 1.84. The topological polar surface area (TPSA) is 60.4 Å². The second-order valence-corrected chi connectivity index (χ2v) is 9.01. The molecule has 0 fully saturated rings. The van der Waals surface area contributed by atoms with E-state index >= 15 is 0 Å². The van der Waals surface area contributed by atoms with E-state index in [4.69, 9.17) is 14.2 Å². The molecule has 1 amide bonds. The molecular formula is C25H28N2O4. The summed E-state index contributed by atoms with van der Waals surface area (Å²) in [6, 6.07) is 11.3. The summed E-state index contributed by atoms with van der Waals surface area (Å²) in [4.78, 5) is 19.8. The van der Waals surface area contributed by atoms with Gasteiger partial charge in [0.15, 0.2) is 11.5 Å². The summed E-state index contributed by atoms with van der Waals surface area (Å²) in [6.45, 7) is 6.84. The number of fused-ring (bicyclic) bond motifs is 2. The Labute approximate surface area is 183 Å². The number of hydrogen-bond donors (Lipinski definition) is 0. The zero-order valence-corrected chi connectivity index (χ0v) is 18.6. The van der Waals surface area contributed by atoms with Gasteiger partial charge >= 0.3 is 0 Å². The smallest absolute Gasteiger partial charge is 0.260 e. The van der Waals surface area contributed by atoms with Crippen molar-refractivity contribution in [3.05, 3.63) is 53.7 Å². The fourth-order valence-corrected chi connectivity index (χ4v) is 3.67. The van der Waals surface area contributed by atoms with Crippen molar-refractivity contribution in [3.63, 3.8) is 0 Å². The first-order valence-electron chi connectivity index (χ1n) is 10.4. The molecular weight excluding hydrogens is 392 g/mol. The van der Waals surface area contributed by atoms with E-state index in [-0.39, 0.29) is 17.4 Å². The Morgan fingerprint density at radius 3 is 2.45 bits per heavy atom. The van der Waals surface area contributed by atoms with Crippen LogP contribution in [-0.4, -0.2) is 43.9 Å². The SMILES string of the molecule is COc1ccc(C2=CN3C(=O)c4cc(OC)c(OCC(C)(C)C)cc4N=CC3C2)cc1. The first-order valence-corrected chi connectivity index (χ1v) is 10.4. The van der Waals surface area contributed by atoms with E-state index in [2.05, 4.69) is 25.8 Å². The lowest BCUT2D eigenvalue weighted by atomic mass is 9.99. The summed E-state index contributed by atoms with van der Waals surface area (Å²) in [7, 11) is 3.23. The molecule has 1 atom stereocenters. The maximum Gasteiger partial charge on any atom is 0.260 e. The third kappa shape index (κ3) is 4.29. The number of carbonyl (C=O) groups is 1. The molecule has 0 bridgehead atoms. The normalized spacial score (nSPS) is 17.6. The molecule has 0 N–H and O–H groups in total. The number of hydrogen-bond acceptors (Lipinski definition) is 5. The molecule has 6 heteroatoms. The van der Waals surface area contributed by atoms with Crippen LogP contribution >= 0.6 is 0 Å².